The molecule has 8 nitrogen and oxygen atoms in total. The summed E-state index contributed by atoms with van der Waals surface area (Å²) in [6.07, 6.45) is -1.10. The number of fused-ring (bicyclic) bond motifs is 1. The largest absolute Gasteiger partial charge is 0.385 e. The fraction of sp³-hybridized carbons (Fsp3) is 0.667. The molecule has 1 aromatic rings. The van der Waals surface area contributed by atoms with Crippen molar-refractivity contribution in [3.8, 4) is 0 Å². The first-order valence-corrected chi connectivity index (χ1v) is 9.58. The van der Waals surface area contributed by atoms with Crippen molar-refractivity contribution in [2.45, 2.75) is 27.7 Å². The zero-order chi connectivity index (χ0) is 28.6. The number of nitrogens with one attached hydrogen (secondary N) is 1. The molecule has 0 amide bonds. The van der Waals surface area contributed by atoms with Gasteiger partial charge in [0.05, 0.1) is 8.22 Å². The van der Waals surface area contributed by atoms with Crippen LogP contribution < -0.4 is 10.5 Å². The summed E-state index contributed by atoms with van der Waals surface area (Å²) in [5.74, 6) is 0. The van der Waals surface area contributed by atoms with Gasteiger partial charge in [-0.15, -0.1) is 11.3 Å². The van der Waals surface area contributed by atoms with Crippen molar-refractivity contribution in [2.75, 3.05) is 33.1 Å². The SMILES string of the molecule is [2H]C([2H])([2H])OC([2H])([2H])CCN1C([2H])([2H])[C@]([2H])(NC([2H])([2H])C([2H])([2H])[2H])c2cc(S(N)(=O)=O)sc2S1(=O)=O. The Balaban J connectivity index is 2.76. The number of methoxy groups -OCH3 is 1. The minimum atomic E-state index is -5.09. The maximum absolute atomic E-state index is 13.3. The standard InChI is InChI=1S/C12H21N3O5S3/c1-3-14-10-8-15(5-4-6-20-2)23(18,19)12-9(10)7-11(21-12)22(13,16)17/h7,10,14H,3-6,8H2,1-2H3,(H2,13,16,17)/t10-/m0/s1/i1D3,2D3,3D2,6D2,8D2,10D. The highest BCUT2D eigenvalue weighted by Gasteiger charge is 2.39. The Hall–Kier alpha value is -0.560. The number of hydrogen-bond donors (Lipinski definition) is 2. The lowest BCUT2D eigenvalue weighted by atomic mass is 10.1. The summed E-state index contributed by atoms with van der Waals surface area (Å²) in [6, 6.07) is -2.81. The van der Waals surface area contributed by atoms with Crippen molar-refractivity contribution >= 4 is 31.4 Å². The minimum Gasteiger partial charge on any atom is -0.385 e. The molecular weight excluding hydrogens is 362 g/mol. The third-order valence-corrected chi connectivity index (χ3v) is 7.44. The van der Waals surface area contributed by atoms with E-state index in [9.17, 15) is 16.8 Å². The van der Waals surface area contributed by atoms with E-state index in [-0.39, 0.29) is 15.6 Å². The molecule has 1 aliphatic rings. The van der Waals surface area contributed by atoms with Crippen LogP contribution in [0.5, 0.6) is 0 Å². The summed E-state index contributed by atoms with van der Waals surface area (Å²) in [5.41, 5.74) is -0.951. The molecule has 1 atom stereocenters. The first kappa shape index (κ1) is 7.77. The average molecular weight is 397 g/mol. The van der Waals surface area contributed by atoms with Crippen LogP contribution in [0.1, 0.15) is 42.7 Å². The number of ether oxygens (including phenoxy) is 1. The van der Waals surface area contributed by atoms with Crippen molar-refractivity contribution < 1.29 is 39.4 Å². The molecule has 11 heteroatoms. The van der Waals surface area contributed by atoms with Crippen LogP contribution >= 0.6 is 11.3 Å². The van der Waals surface area contributed by atoms with Crippen molar-refractivity contribution in [2.24, 2.45) is 5.14 Å². The van der Waals surface area contributed by atoms with Crippen LogP contribution in [-0.4, -0.2) is 54.3 Å². The smallest absolute Gasteiger partial charge is 0.252 e. The summed E-state index contributed by atoms with van der Waals surface area (Å²) >= 11 is -0.0145. The van der Waals surface area contributed by atoms with E-state index in [1.165, 1.54) is 0 Å². The molecule has 0 aliphatic carbocycles. The number of nitrogens with two attached hydrogens (primary N) is 1. The van der Waals surface area contributed by atoms with Crippen molar-refractivity contribution in [3.05, 3.63) is 11.6 Å². The Labute approximate surface area is 159 Å². The van der Waals surface area contributed by atoms with Gasteiger partial charge in [-0.1, -0.05) is 6.85 Å². The maximum atomic E-state index is 13.3. The third kappa shape index (κ3) is 3.92. The lowest BCUT2D eigenvalue weighted by molar-refractivity contribution is 0.185. The Morgan fingerprint density at radius 1 is 1.74 bits per heavy atom. The Kier molecular flexibility index (Phi) is 2.41. The molecule has 0 saturated heterocycles. The Morgan fingerprint density at radius 2 is 2.52 bits per heavy atom. The molecule has 0 spiro atoms. The van der Waals surface area contributed by atoms with Crippen LogP contribution in [0.25, 0.3) is 0 Å². The molecule has 0 saturated carbocycles. The molecule has 2 heterocycles. The van der Waals surface area contributed by atoms with Gasteiger partial charge < -0.3 is 10.1 Å². The summed E-state index contributed by atoms with van der Waals surface area (Å²) in [7, 11) is -13.0. The topological polar surface area (TPSA) is 119 Å². The van der Waals surface area contributed by atoms with Crippen LogP contribution in [0.3, 0.4) is 0 Å². The van der Waals surface area contributed by atoms with Gasteiger partial charge in [-0.25, -0.2) is 22.0 Å². The second kappa shape index (κ2) is 7.13. The second-order valence-electron chi connectivity index (χ2n) is 4.12. The van der Waals surface area contributed by atoms with Crippen LogP contribution in [0.4, 0.5) is 0 Å². The predicted molar refractivity (Wildman–Crippen MR) is 87.4 cm³/mol. The number of likely N-dealkylation sites (N-methyl/N-ethyl adjacent to an activating group) is 1. The van der Waals surface area contributed by atoms with E-state index in [2.05, 4.69) is 4.74 Å². The number of nitrogens with zero attached hydrogens (tertiary/aromatic N) is 1. The summed E-state index contributed by atoms with van der Waals surface area (Å²) in [5, 5.41) is 6.67. The highest BCUT2D eigenvalue weighted by atomic mass is 32.3. The van der Waals surface area contributed by atoms with E-state index in [4.69, 9.17) is 23.0 Å². The van der Waals surface area contributed by atoms with Crippen LogP contribution in [0, 0.1) is 0 Å². The summed E-state index contributed by atoms with van der Waals surface area (Å²) in [6.45, 7) is -14.8. The molecule has 1 aliphatic heterocycles. The van der Waals surface area contributed by atoms with E-state index in [0.717, 1.165) is 0 Å². The predicted octanol–water partition coefficient (Wildman–Crippen LogP) is 0.0869. The molecule has 2 rings (SSSR count). The molecule has 0 radical (unpaired) electrons. The Morgan fingerprint density at radius 3 is 3.17 bits per heavy atom. The monoisotopic (exact) mass is 396 g/mol. The van der Waals surface area contributed by atoms with Crippen LogP contribution in [-0.2, 0) is 24.8 Å². The minimum absolute atomic E-state index is 0.0145. The van der Waals surface area contributed by atoms with Gasteiger partial charge >= 0.3 is 0 Å². The first-order chi connectivity index (χ1) is 15.6. The zero-order valence-electron chi connectivity index (χ0n) is 24.3. The first-order valence-electron chi connectivity index (χ1n) is 12.3. The van der Waals surface area contributed by atoms with Gasteiger partial charge in [-0.3, -0.25) is 0 Å². The number of thiophene rings is 1. The lowest BCUT2D eigenvalue weighted by Gasteiger charge is -2.32. The van der Waals surface area contributed by atoms with Crippen molar-refractivity contribution in [1.29, 1.82) is 0 Å². The fourth-order valence-corrected chi connectivity index (χ4v) is 5.66. The highest BCUT2D eigenvalue weighted by Crippen LogP contribution is 2.39. The quantitative estimate of drug-likeness (QED) is 0.674. The maximum Gasteiger partial charge on any atom is 0.252 e. The highest BCUT2D eigenvalue weighted by molar-refractivity contribution is 7.94. The van der Waals surface area contributed by atoms with Gasteiger partial charge in [0.25, 0.3) is 10.0 Å². The van der Waals surface area contributed by atoms with Gasteiger partial charge in [0.15, 0.2) is 0 Å². The van der Waals surface area contributed by atoms with E-state index in [0.29, 0.717) is 6.07 Å². The molecule has 3 N–H and O–H groups in total. The van der Waals surface area contributed by atoms with Crippen LogP contribution in [0.15, 0.2) is 14.5 Å². The zero-order valence-corrected chi connectivity index (χ0v) is 13.7. The fourth-order valence-electron chi connectivity index (χ4n) is 1.74. The van der Waals surface area contributed by atoms with Gasteiger partial charge in [0.2, 0.25) is 10.0 Å². The van der Waals surface area contributed by atoms with E-state index >= 15 is 0 Å². The van der Waals surface area contributed by atoms with Crippen LogP contribution in [0.2, 0.25) is 0 Å². The molecule has 132 valence electrons. The molecule has 0 fully saturated rings. The summed E-state index contributed by atoms with van der Waals surface area (Å²) < 4.78 is 152. The Bertz CT molecular complexity index is 1230. The van der Waals surface area contributed by atoms with Crippen molar-refractivity contribution in [3.63, 3.8) is 0 Å². The second-order valence-corrected chi connectivity index (χ2v) is 9.02. The molecule has 0 unspecified atom stereocenters. The van der Waals surface area contributed by atoms with Gasteiger partial charge in [-0.05, 0) is 19.0 Å². The van der Waals surface area contributed by atoms with E-state index < -0.39 is 86.5 Å². The normalized spacial score (nSPS) is 37.3. The molecule has 1 aromatic heterocycles. The third-order valence-electron chi connectivity index (χ3n) is 2.66. The number of rotatable bonds is 7. The summed E-state index contributed by atoms with van der Waals surface area (Å²) in [4.78, 5) is 0. The lowest BCUT2D eigenvalue weighted by Crippen LogP contribution is -2.43. The van der Waals surface area contributed by atoms with Gasteiger partial charge in [-0.2, -0.15) is 4.31 Å². The molecule has 0 bridgehead atoms. The average Bonchev–Trinajstić information content (AvgIpc) is 3.03. The number of sulfonamides is 2. The van der Waals surface area contributed by atoms with Gasteiger partial charge in [0.1, 0.15) is 8.42 Å². The van der Waals surface area contributed by atoms with E-state index in [1.807, 2.05) is 0 Å². The molecule has 0 aromatic carbocycles. The van der Waals surface area contributed by atoms with Crippen molar-refractivity contribution in [1.82, 2.24) is 9.62 Å². The van der Waals surface area contributed by atoms with E-state index in [1.54, 1.807) is 5.32 Å². The number of primary sulfonamides is 1. The van der Waals surface area contributed by atoms with Gasteiger partial charge in [0, 0.05) is 47.8 Å². The molecular formula is C12H21N3O5S3. The molecule has 23 heavy (non-hydrogen) atoms. The number of hydrogen-bond acceptors (Lipinski definition) is 7.